The van der Waals surface area contributed by atoms with E-state index in [-0.39, 0.29) is 6.10 Å². The minimum atomic E-state index is -0.341. The van der Waals surface area contributed by atoms with Crippen LogP contribution in [-0.2, 0) is 6.42 Å². The average Bonchev–Trinajstić information content (AvgIpc) is 2.93. The first-order chi connectivity index (χ1) is 9.74. The summed E-state index contributed by atoms with van der Waals surface area (Å²) in [6.45, 7) is 2.76. The lowest BCUT2D eigenvalue weighted by Crippen LogP contribution is -2.15. The fourth-order valence-corrected chi connectivity index (χ4v) is 3.80. The summed E-state index contributed by atoms with van der Waals surface area (Å²) in [5.41, 5.74) is 3.55. The standard InChI is InChI=1S/C18H26O2/c1-13-11-15(8-4-7-14-5-2-3-6-14)18-16(12-13)17(19)9-10-20-18/h11-12,14,17,19H,2-10H2,1H3. The summed E-state index contributed by atoms with van der Waals surface area (Å²) in [5, 5.41) is 10.1. The van der Waals surface area contributed by atoms with E-state index in [0.29, 0.717) is 6.61 Å². The highest BCUT2D eigenvalue weighted by atomic mass is 16.5. The Bertz CT molecular complexity index is 461. The average molecular weight is 274 g/mol. The number of aliphatic hydroxyl groups excluding tert-OH is 1. The molecule has 0 amide bonds. The Morgan fingerprint density at radius 2 is 2.00 bits per heavy atom. The van der Waals surface area contributed by atoms with Crippen LogP contribution in [0.25, 0.3) is 0 Å². The van der Waals surface area contributed by atoms with Gasteiger partial charge in [0.05, 0.1) is 12.7 Å². The van der Waals surface area contributed by atoms with Gasteiger partial charge in [0, 0.05) is 12.0 Å². The van der Waals surface area contributed by atoms with Crippen LogP contribution in [0.5, 0.6) is 5.75 Å². The fraction of sp³-hybridized carbons (Fsp3) is 0.667. The maximum atomic E-state index is 10.1. The topological polar surface area (TPSA) is 29.5 Å². The molecule has 2 nitrogen and oxygen atoms in total. The zero-order chi connectivity index (χ0) is 13.9. The summed E-state index contributed by atoms with van der Waals surface area (Å²) in [6, 6.07) is 4.32. The normalized spacial score (nSPS) is 22.6. The van der Waals surface area contributed by atoms with Gasteiger partial charge in [0.25, 0.3) is 0 Å². The molecule has 2 aliphatic rings. The first-order valence-corrected chi connectivity index (χ1v) is 8.18. The van der Waals surface area contributed by atoms with Crippen molar-refractivity contribution in [3.63, 3.8) is 0 Å². The molecule has 0 aromatic heterocycles. The van der Waals surface area contributed by atoms with Crippen molar-refractivity contribution in [1.82, 2.24) is 0 Å². The van der Waals surface area contributed by atoms with Gasteiger partial charge >= 0.3 is 0 Å². The number of aryl methyl sites for hydroxylation is 2. The van der Waals surface area contributed by atoms with Gasteiger partial charge in [0.2, 0.25) is 0 Å². The molecule has 1 aliphatic carbocycles. The van der Waals surface area contributed by atoms with Crippen molar-refractivity contribution in [3.05, 3.63) is 28.8 Å². The summed E-state index contributed by atoms with van der Waals surface area (Å²) >= 11 is 0. The number of aliphatic hydroxyl groups is 1. The van der Waals surface area contributed by atoms with E-state index in [9.17, 15) is 5.11 Å². The van der Waals surface area contributed by atoms with Gasteiger partial charge in [-0.1, -0.05) is 43.7 Å². The summed E-state index contributed by atoms with van der Waals surface area (Å²) in [7, 11) is 0. The Hall–Kier alpha value is -1.02. The molecule has 0 bridgehead atoms. The van der Waals surface area contributed by atoms with Gasteiger partial charge in [-0.3, -0.25) is 0 Å². The van der Waals surface area contributed by atoms with Crippen molar-refractivity contribution in [2.75, 3.05) is 6.61 Å². The molecule has 1 fully saturated rings. The van der Waals surface area contributed by atoms with Crippen molar-refractivity contribution in [2.45, 2.75) is 64.4 Å². The van der Waals surface area contributed by atoms with E-state index >= 15 is 0 Å². The minimum absolute atomic E-state index is 0.341. The van der Waals surface area contributed by atoms with Crippen LogP contribution < -0.4 is 4.74 Å². The van der Waals surface area contributed by atoms with E-state index in [4.69, 9.17) is 4.74 Å². The number of benzene rings is 1. The zero-order valence-electron chi connectivity index (χ0n) is 12.5. The van der Waals surface area contributed by atoms with E-state index in [2.05, 4.69) is 19.1 Å². The Morgan fingerprint density at radius 3 is 2.80 bits per heavy atom. The summed E-state index contributed by atoms with van der Waals surface area (Å²) in [4.78, 5) is 0. The van der Waals surface area contributed by atoms with E-state index < -0.39 is 0 Å². The van der Waals surface area contributed by atoms with Crippen LogP contribution in [0.4, 0.5) is 0 Å². The molecule has 1 atom stereocenters. The molecule has 1 saturated carbocycles. The van der Waals surface area contributed by atoms with Crippen LogP contribution >= 0.6 is 0 Å². The van der Waals surface area contributed by atoms with Crippen molar-refractivity contribution in [2.24, 2.45) is 5.92 Å². The monoisotopic (exact) mass is 274 g/mol. The quantitative estimate of drug-likeness (QED) is 0.885. The minimum Gasteiger partial charge on any atom is -0.493 e. The number of hydrogen-bond donors (Lipinski definition) is 1. The van der Waals surface area contributed by atoms with E-state index in [1.807, 2.05) is 0 Å². The molecule has 20 heavy (non-hydrogen) atoms. The van der Waals surface area contributed by atoms with Crippen LogP contribution in [0, 0.1) is 12.8 Å². The molecule has 0 radical (unpaired) electrons. The Labute approximate surface area is 122 Å². The Morgan fingerprint density at radius 1 is 1.20 bits per heavy atom. The highest BCUT2D eigenvalue weighted by molar-refractivity contribution is 5.46. The van der Waals surface area contributed by atoms with Crippen LogP contribution in [0.15, 0.2) is 12.1 Å². The van der Waals surface area contributed by atoms with Gasteiger partial charge in [-0.05, 0) is 37.3 Å². The van der Waals surface area contributed by atoms with E-state index in [1.165, 1.54) is 49.7 Å². The van der Waals surface area contributed by atoms with Crippen molar-refractivity contribution >= 4 is 0 Å². The molecule has 1 heterocycles. The summed E-state index contributed by atoms with van der Waals surface area (Å²) in [6.07, 6.45) is 9.80. The lowest BCUT2D eigenvalue weighted by atomic mass is 9.93. The number of fused-ring (bicyclic) bond motifs is 1. The van der Waals surface area contributed by atoms with E-state index in [0.717, 1.165) is 30.1 Å². The summed E-state index contributed by atoms with van der Waals surface area (Å²) in [5.74, 6) is 1.93. The lowest BCUT2D eigenvalue weighted by Gasteiger charge is -2.25. The second kappa shape index (κ2) is 6.17. The first-order valence-electron chi connectivity index (χ1n) is 8.18. The second-order valence-corrected chi connectivity index (χ2v) is 6.54. The molecular formula is C18H26O2. The predicted molar refractivity (Wildman–Crippen MR) is 81.1 cm³/mol. The molecule has 1 N–H and O–H groups in total. The highest BCUT2D eigenvalue weighted by Crippen LogP contribution is 2.37. The van der Waals surface area contributed by atoms with Gasteiger partial charge < -0.3 is 9.84 Å². The molecule has 1 aromatic carbocycles. The van der Waals surface area contributed by atoms with Gasteiger partial charge in [-0.2, -0.15) is 0 Å². The number of rotatable bonds is 4. The van der Waals surface area contributed by atoms with E-state index in [1.54, 1.807) is 0 Å². The highest BCUT2D eigenvalue weighted by Gasteiger charge is 2.22. The SMILES string of the molecule is Cc1cc(CCCC2CCCC2)c2c(c1)C(O)CCO2. The molecule has 1 aromatic rings. The van der Waals surface area contributed by atoms with Crippen molar-refractivity contribution < 1.29 is 9.84 Å². The lowest BCUT2D eigenvalue weighted by molar-refractivity contribution is 0.114. The largest absolute Gasteiger partial charge is 0.493 e. The third-order valence-corrected chi connectivity index (χ3v) is 4.87. The Kier molecular flexibility index (Phi) is 4.30. The summed E-state index contributed by atoms with van der Waals surface area (Å²) < 4.78 is 5.84. The van der Waals surface area contributed by atoms with Crippen LogP contribution in [-0.4, -0.2) is 11.7 Å². The molecule has 110 valence electrons. The van der Waals surface area contributed by atoms with Gasteiger partial charge in [-0.15, -0.1) is 0 Å². The fourth-order valence-electron chi connectivity index (χ4n) is 3.80. The molecule has 0 spiro atoms. The first kappa shape index (κ1) is 13.9. The van der Waals surface area contributed by atoms with Gasteiger partial charge in [0.1, 0.15) is 5.75 Å². The van der Waals surface area contributed by atoms with Crippen molar-refractivity contribution in [3.8, 4) is 5.75 Å². The third kappa shape index (κ3) is 3.01. The van der Waals surface area contributed by atoms with Crippen LogP contribution in [0.1, 0.15) is 67.7 Å². The second-order valence-electron chi connectivity index (χ2n) is 6.54. The molecule has 1 aliphatic heterocycles. The van der Waals surface area contributed by atoms with Crippen LogP contribution in [0.2, 0.25) is 0 Å². The molecule has 0 saturated heterocycles. The van der Waals surface area contributed by atoms with Gasteiger partial charge in [-0.25, -0.2) is 0 Å². The number of ether oxygens (including phenoxy) is 1. The maximum absolute atomic E-state index is 10.1. The van der Waals surface area contributed by atoms with Crippen LogP contribution in [0.3, 0.4) is 0 Å². The third-order valence-electron chi connectivity index (χ3n) is 4.87. The predicted octanol–water partition coefficient (Wildman–Crippen LogP) is 4.32. The number of hydrogen-bond acceptors (Lipinski definition) is 2. The van der Waals surface area contributed by atoms with Crippen molar-refractivity contribution in [1.29, 1.82) is 0 Å². The molecule has 2 heteroatoms. The molecule has 1 unspecified atom stereocenters. The zero-order valence-corrected chi connectivity index (χ0v) is 12.5. The molecular weight excluding hydrogens is 248 g/mol. The Balaban J connectivity index is 1.68. The molecule has 3 rings (SSSR count). The maximum Gasteiger partial charge on any atom is 0.128 e. The van der Waals surface area contributed by atoms with Gasteiger partial charge in [0.15, 0.2) is 0 Å². The smallest absolute Gasteiger partial charge is 0.128 e.